The zero-order valence-electron chi connectivity index (χ0n) is 20.7. The average Bonchev–Trinajstić information content (AvgIpc) is 3.55. The van der Waals surface area contributed by atoms with Gasteiger partial charge in [0.05, 0.1) is 41.1 Å². The standard InChI is InChI=1S/C27H23FN8O2/c1-16(18-3-5-20(28)6-4-18)35-14-21(13-30-35)34-10-9-24-22(27(34)38)11-19(12-29-24)23-7-8-26-32-25(31-17(2)37)15-36(26)33-23/h3-8,11-16H,9-10H2,1-2H3,(H,31,37). The van der Waals surface area contributed by atoms with Crippen LogP contribution in [0.1, 0.15) is 41.5 Å². The minimum Gasteiger partial charge on any atom is -0.310 e. The summed E-state index contributed by atoms with van der Waals surface area (Å²) in [6, 6.07) is 11.6. The highest BCUT2D eigenvalue weighted by atomic mass is 19.1. The predicted octanol–water partition coefficient (Wildman–Crippen LogP) is 3.90. The highest BCUT2D eigenvalue weighted by molar-refractivity contribution is 6.08. The normalized spacial score (nSPS) is 14.0. The molecule has 6 rings (SSSR count). The van der Waals surface area contributed by atoms with Gasteiger partial charge in [-0.05, 0) is 42.8 Å². The van der Waals surface area contributed by atoms with Gasteiger partial charge in [-0.25, -0.2) is 13.9 Å². The first-order valence-electron chi connectivity index (χ1n) is 12.1. The molecule has 38 heavy (non-hydrogen) atoms. The summed E-state index contributed by atoms with van der Waals surface area (Å²) < 4.78 is 16.7. The number of carbonyl (C=O) groups is 2. The number of pyridine rings is 1. The lowest BCUT2D eigenvalue weighted by molar-refractivity contribution is -0.114. The average molecular weight is 511 g/mol. The maximum absolute atomic E-state index is 13.5. The van der Waals surface area contributed by atoms with E-state index in [1.54, 1.807) is 57.0 Å². The number of imidazole rings is 1. The van der Waals surface area contributed by atoms with Crippen LogP contribution in [0.25, 0.3) is 16.9 Å². The Labute approximate surface area is 216 Å². The molecule has 0 bridgehead atoms. The highest BCUT2D eigenvalue weighted by Crippen LogP contribution is 2.28. The Hall–Kier alpha value is -4.93. The molecular weight excluding hydrogens is 487 g/mol. The van der Waals surface area contributed by atoms with Gasteiger partial charge in [0, 0.05) is 37.8 Å². The Morgan fingerprint density at radius 3 is 2.71 bits per heavy atom. The number of hydrogen-bond acceptors (Lipinski definition) is 6. The fraction of sp³-hybridized carbons (Fsp3) is 0.185. The van der Waals surface area contributed by atoms with Gasteiger partial charge >= 0.3 is 0 Å². The van der Waals surface area contributed by atoms with E-state index in [1.165, 1.54) is 19.1 Å². The minimum atomic E-state index is -0.289. The molecule has 4 aromatic heterocycles. The lowest BCUT2D eigenvalue weighted by Crippen LogP contribution is -2.38. The summed E-state index contributed by atoms with van der Waals surface area (Å²) in [5, 5.41) is 11.7. The molecule has 1 atom stereocenters. The molecule has 0 radical (unpaired) electrons. The van der Waals surface area contributed by atoms with Gasteiger partial charge in [0.1, 0.15) is 5.82 Å². The lowest BCUT2D eigenvalue weighted by atomic mass is 10.0. The second-order valence-corrected chi connectivity index (χ2v) is 9.16. The van der Waals surface area contributed by atoms with Gasteiger partial charge in [-0.2, -0.15) is 10.2 Å². The third kappa shape index (κ3) is 4.27. The van der Waals surface area contributed by atoms with Crippen LogP contribution in [0.3, 0.4) is 0 Å². The summed E-state index contributed by atoms with van der Waals surface area (Å²) in [6.45, 7) is 3.87. The SMILES string of the molecule is CC(=O)Nc1cn2nc(-c3cnc4c(c3)C(=O)N(c3cnn(C(C)c5ccc(F)cc5)c3)CC4)ccc2n1. The van der Waals surface area contributed by atoms with Crippen molar-refractivity contribution in [1.82, 2.24) is 29.4 Å². The van der Waals surface area contributed by atoms with E-state index in [9.17, 15) is 14.0 Å². The number of rotatable bonds is 5. The molecule has 0 spiro atoms. The van der Waals surface area contributed by atoms with E-state index in [-0.39, 0.29) is 23.7 Å². The molecule has 190 valence electrons. The van der Waals surface area contributed by atoms with Crippen LogP contribution in [0.4, 0.5) is 15.9 Å². The summed E-state index contributed by atoms with van der Waals surface area (Å²) in [5.74, 6) is -0.259. The second-order valence-electron chi connectivity index (χ2n) is 9.16. The van der Waals surface area contributed by atoms with Crippen LogP contribution in [-0.4, -0.2) is 47.7 Å². The molecule has 5 heterocycles. The largest absolute Gasteiger partial charge is 0.310 e. The maximum atomic E-state index is 13.5. The summed E-state index contributed by atoms with van der Waals surface area (Å²) in [7, 11) is 0. The molecule has 1 unspecified atom stereocenters. The molecule has 2 amide bonds. The molecular formula is C27H23FN8O2. The van der Waals surface area contributed by atoms with E-state index in [0.29, 0.717) is 46.9 Å². The molecule has 0 saturated heterocycles. The van der Waals surface area contributed by atoms with Gasteiger partial charge in [0.15, 0.2) is 11.5 Å². The summed E-state index contributed by atoms with van der Waals surface area (Å²) in [6.07, 6.45) is 7.44. The summed E-state index contributed by atoms with van der Waals surface area (Å²) >= 11 is 0. The zero-order valence-corrected chi connectivity index (χ0v) is 20.7. The molecule has 10 nitrogen and oxygen atoms in total. The number of aromatic nitrogens is 6. The first kappa shape index (κ1) is 23.5. The number of fused-ring (bicyclic) bond motifs is 2. The van der Waals surface area contributed by atoms with Crippen LogP contribution in [0.15, 0.2) is 67.3 Å². The number of amides is 2. The smallest absolute Gasteiger partial charge is 0.260 e. The Morgan fingerprint density at radius 2 is 1.92 bits per heavy atom. The van der Waals surface area contributed by atoms with E-state index in [1.807, 2.05) is 19.2 Å². The highest BCUT2D eigenvalue weighted by Gasteiger charge is 2.28. The van der Waals surface area contributed by atoms with Crippen molar-refractivity contribution in [1.29, 1.82) is 0 Å². The van der Waals surface area contributed by atoms with Crippen molar-refractivity contribution in [3.8, 4) is 11.3 Å². The molecule has 1 aromatic carbocycles. The first-order chi connectivity index (χ1) is 18.4. The van der Waals surface area contributed by atoms with Crippen LogP contribution in [-0.2, 0) is 11.2 Å². The van der Waals surface area contributed by atoms with Crippen LogP contribution in [0, 0.1) is 5.82 Å². The topological polar surface area (TPSA) is 110 Å². The van der Waals surface area contributed by atoms with Crippen molar-refractivity contribution in [2.24, 2.45) is 0 Å². The Bertz CT molecular complexity index is 1690. The molecule has 1 aliphatic heterocycles. The van der Waals surface area contributed by atoms with Crippen LogP contribution >= 0.6 is 0 Å². The monoisotopic (exact) mass is 510 g/mol. The van der Waals surface area contributed by atoms with Gasteiger partial charge in [-0.3, -0.25) is 19.3 Å². The van der Waals surface area contributed by atoms with Crippen LogP contribution < -0.4 is 10.2 Å². The van der Waals surface area contributed by atoms with E-state index in [4.69, 9.17) is 0 Å². The van der Waals surface area contributed by atoms with Gasteiger partial charge < -0.3 is 10.2 Å². The van der Waals surface area contributed by atoms with Crippen molar-refractivity contribution in [2.45, 2.75) is 26.3 Å². The van der Waals surface area contributed by atoms with E-state index < -0.39 is 0 Å². The van der Waals surface area contributed by atoms with Crippen LogP contribution in [0.5, 0.6) is 0 Å². The fourth-order valence-electron chi connectivity index (χ4n) is 4.58. The number of hydrogen-bond donors (Lipinski definition) is 1. The van der Waals surface area contributed by atoms with E-state index >= 15 is 0 Å². The van der Waals surface area contributed by atoms with Crippen molar-refractivity contribution in [2.75, 3.05) is 16.8 Å². The van der Waals surface area contributed by atoms with E-state index in [2.05, 4.69) is 25.5 Å². The van der Waals surface area contributed by atoms with Crippen molar-refractivity contribution < 1.29 is 14.0 Å². The third-order valence-electron chi connectivity index (χ3n) is 6.59. The minimum absolute atomic E-state index is 0.125. The predicted molar refractivity (Wildman–Crippen MR) is 138 cm³/mol. The molecule has 1 aliphatic rings. The Balaban J connectivity index is 1.26. The number of nitrogens with one attached hydrogen (secondary N) is 1. The second kappa shape index (κ2) is 9.18. The van der Waals surface area contributed by atoms with Crippen molar-refractivity contribution >= 4 is 29.0 Å². The molecule has 0 saturated carbocycles. The fourth-order valence-corrected chi connectivity index (χ4v) is 4.58. The number of carbonyl (C=O) groups excluding carboxylic acids is 2. The van der Waals surface area contributed by atoms with Gasteiger partial charge in [0.25, 0.3) is 5.91 Å². The van der Waals surface area contributed by atoms with Crippen molar-refractivity contribution in [3.05, 3.63) is 89.9 Å². The molecule has 1 N–H and O–H groups in total. The van der Waals surface area contributed by atoms with Crippen LogP contribution in [0.2, 0.25) is 0 Å². The van der Waals surface area contributed by atoms with Gasteiger partial charge in [0.2, 0.25) is 5.91 Å². The molecule has 0 aliphatic carbocycles. The van der Waals surface area contributed by atoms with Crippen molar-refractivity contribution in [3.63, 3.8) is 0 Å². The Kier molecular flexibility index (Phi) is 5.67. The van der Waals surface area contributed by atoms with E-state index in [0.717, 1.165) is 11.3 Å². The maximum Gasteiger partial charge on any atom is 0.260 e. The lowest BCUT2D eigenvalue weighted by Gasteiger charge is -2.27. The summed E-state index contributed by atoms with van der Waals surface area (Å²) in [5.41, 5.74) is 4.73. The van der Waals surface area contributed by atoms with Gasteiger partial charge in [-0.15, -0.1) is 0 Å². The Morgan fingerprint density at radius 1 is 1.11 bits per heavy atom. The molecule has 5 aromatic rings. The zero-order chi connectivity index (χ0) is 26.4. The van der Waals surface area contributed by atoms with Gasteiger partial charge in [-0.1, -0.05) is 12.1 Å². The molecule has 0 fully saturated rings. The third-order valence-corrected chi connectivity index (χ3v) is 6.59. The summed E-state index contributed by atoms with van der Waals surface area (Å²) in [4.78, 5) is 35.5. The number of anilines is 2. The number of benzene rings is 1. The molecule has 11 heteroatoms. The number of nitrogens with zero attached hydrogens (tertiary/aromatic N) is 7. The number of halogens is 1. The quantitative estimate of drug-likeness (QED) is 0.384. The first-order valence-corrected chi connectivity index (χ1v) is 12.1.